The van der Waals surface area contributed by atoms with Crippen LogP contribution in [-0.4, -0.2) is 19.8 Å². The van der Waals surface area contributed by atoms with Crippen LogP contribution < -0.4 is 10.0 Å². The molecule has 0 atom stereocenters. The molecule has 0 aliphatic heterocycles. The molecule has 0 aliphatic rings. The predicted octanol–water partition coefficient (Wildman–Crippen LogP) is 2.59. The average molecular weight is 360 g/mol. The predicted molar refractivity (Wildman–Crippen MR) is 96.3 cm³/mol. The Kier molecular flexibility index (Phi) is 6.37. The van der Waals surface area contributed by atoms with Gasteiger partial charge in [-0.05, 0) is 36.1 Å². The van der Waals surface area contributed by atoms with E-state index >= 15 is 0 Å². The summed E-state index contributed by atoms with van der Waals surface area (Å²) >= 11 is 1.29. The van der Waals surface area contributed by atoms with Crippen molar-refractivity contribution < 1.29 is 8.42 Å². The number of amidine groups is 1. The van der Waals surface area contributed by atoms with E-state index in [4.69, 9.17) is 5.26 Å². The fraction of sp³-hybridized carbons (Fsp3) is 0.125. The van der Waals surface area contributed by atoms with Crippen molar-refractivity contribution in [1.82, 2.24) is 10.0 Å². The van der Waals surface area contributed by atoms with Gasteiger partial charge in [0.1, 0.15) is 0 Å². The molecule has 0 saturated heterocycles. The number of benzene rings is 2. The fourth-order valence-corrected chi connectivity index (χ4v) is 3.21. The summed E-state index contributed by atoms with van der Waals surface area (Å²) in [4.78, 5) is 4.38. The quantitative estimate of drug-likeness (QED) is 0.370. The standard InChI is InChI=1S/C16H16N4O2S2/c1-23-16(18-12-17)20-14-7-9-15(10-8-14)24(21,22)19-11-13-5-3-2-4-6-13/h2-10,19H,11H2,1H3,(H,18,20). The highest BCUT2D eigenvalue weighted by atomic mass is 32.2. The number of thioether (sulfide) groups is 1. The van der Waals surface area contributed by atoms with Crippen molar-refractivity contribution in [2.45, 2.75) is 11.4 Å². The highest BCUT2D eigenvalue weighted by Gasteiger charge is 2.13. The summed E-state index contributed by atoms with van der Waals surface area (Å²) in [6, 6.07) is 15.4. The molecule has 2 aromatic rings. The van der Waals surface area contributed by atoms with Crippen molar-refractivity contribution in [3.8, 4) is 6.19 Å². The lowest BCUT2D eigenvalue weighted by Gasteiger charge is -2.07. The van der Waals surface area contributed by atoms with Gasteiger partial charge in [0.2, 0.25) is 10.0 Å². The van der Waals surface area contributed by atoms with Crippen LogP contribution in [0.5, 0.6) is 0 Å². The molecule has 6 nitrogen and oxygen atoms in total. The van der Waals surface area contributed by atoms with Gasteiger partial charge in [-0.1, -0.05) is 42.1 Å². The lowest BCUT2D eigenvalue weighted by Crippen LogP contribution is -2.23. The molecule has 0 bridgehead atoms. The molecule has 0 fully saturated rings. The summed E-state index contributed by atoms with van der Waals surface area (Å²) in [5.41, 5.74) is 1.44. The molecule has 0 unspecified atom stereocenters. The van der Waals surface area contributed by atoms with Crippen LogP contribution in [0.25, 0.3) is 0 Å². The molecule has 0 amide bonds. The lowest BCUT2D eigenvalue weighted by atomic mass is 10.2. The zero-order valence-corrected chi connectivity index (χ0v) is 14.6. The minimum atomic E-state index is -3.59. The van der Waals surface area contributed by atoms with Crippen molar-refractivity contribution >= 4 is 32.6 Å². The summed E-state index contributed by atoms with van der Waals surface area (Å²) in [6.45, 7) is 0.228. The summed E-state index contributed by atoms with van der Waals surface area (Å²) in [6.07, 6.45) is 3.59. The summed E-state index contributed by atoms with van der Waals surface area (Å²) in [5, 5.41) is 11.5. The number of aliphatic imine (C=N–C) groups is 1. The topological polar surface area (TPSA) is 94.3 Å². The van der Waals surface area contributed by atoms with E-state index in [1.807, 2.05) is 30.3 Å². The first-order chi connectivity index (χ1) is 11.5. The second kappa shape index (κ2) is 8.49. The van der Waals surface area contributed by atoms with E-state index in [1.54, 1.807) is 24.6 Å². The number of hydrogen-bond acceptors (Lipinski definition) is 5. The van der Waals surface area contributed by atoms with Gasteiger partial charge in [0, 0.05) is 6.54 Å². The van der Waals surface area contributed by atoms with Gasteiger partial charge < -0.3 is 0 Å². The molecular formula is C16H16N4O2S2. The Balaban J connectivity index is 2.10. The maximum Gasteiger partial charge on any atom is 0.240 e. The van der Waals surface area contributed by atoms with E-state index < -0.39 is 10.0 Å². The largest absolute Gasteiger partial charge is 0.271 e. The Morgan fingerprint density at radius 2 is 1.83 bits per heavy atom. The van der Waals surface area contributed by atoms with Gasteiger partial charge in [-0.25, -0.2) is 18.1 Å². The van der Waals surface area contributed by atoms with Crippen molar-refractivity contribution in [3.05, 3.63) is 60.2 Å². The Labute approximate surface area is 145 Å². The third-order valence-corrected chi connectivity index (χ3v) is 5.04. The first-order valence-electron chi connectivity index (χ1n) is 6.96. The van der Waals surface area contributed by atoms with Gasteiger partial charge in [0.05, 0.1) is 10.6 Å². The SMILES string of the molecule is CSC(=Nc1ccc(S(=O)(=O)NCc2ccccc2)cc1)NC#N. The van der Waals surface area contributed by atoms with Crippen molar-refractivity contribution in [1.29, 1.82) is 5.26 Å². The summed E-state index contributed by atoms with van der Waals surface area (Å²) < 4.78 is 27.1. The number of sulfonamides is 1. The van der Waals surface area contributed by atoms with Gasteiger partial charge in [0.25, 0.3) is 0 Å². The smallest absolute Gasteiger partial charge is 0.240 e. The van der Waals surface area contributed by atoms with E-state index in [9.17, 15) is 8.42 Å². The number of nitrogens with one attached hydrogen (secondary N) is 2. The Morgan fingerprint density at radius 1 is 1.17 bits per heavy atom. The highest BCUT2D eigenvalue weighted by Crippen LogP contribution is 2.18. The van der Waals surface area contributed by atoms with E-state index in [1.165, 1.54) is 23.9 Å². The zero-order valence-electron chi connectivity index (χ0n) is 12.9. The maximum atomic E-state index is 12.3. The van der Waals surface area contributed by atoms with Crippen molar-refractivity contribution in [2.75, 3.05) is 6.26 Å². The normalized spacial score (nSPS) is 11.8. The molecule has 0 aliphatic carbocycles. The second-order valence-corrected chi connectivity index (χ2v) is 7.22. The van der Waals surface area contributed by atoms with Gasteiger partial charge in [-0.3, -0.25) is 5.32 Å². The Morgan fingerprint density at radius 3 is 2.42 bits per heavy atom. The summed E-state index contributed by atoms with van der Waals surface area (Å²) in [7, 11) is -3.59. The van der Waals surface area contributed by atoms with Gasteiger partial charge in [0.15, 0.2) is 11.4 Å². The summed E-state index contributed by atoms with van der Waals surface area (Å²) in [5.74, 6) is 0. The molecular weight excluding hydrogens is 344 g/mol. The van der Waals surface area contributed by atoms with Crippen LogP contribution in [0, 0.1) is 11.5 Å². The third kappa shape index (κ3) is 5.09. The van der Waals surface area contributed by atoms with Gasteiger partial charge in [-0.15, -0.1) is 0 Å². The minimum Gasteiger partial charge on any atom is -0.271 e. The van der Waals surface area contributed by atoms with Gasteiger partial charge in [-0.2, -0.15) is 5.26 Å². The number of rotatable bonds is 5. The Bertz CT molecular complexity index is 842. The number of nitrogens with zero attached hydrogens (tertiary/aromatic N) is 2. The average Bonchev–Trinajstić information content (AvgIpc) is 2.61. The zero-order chi connectivity index (χ0) is 17.4. The molecule has 0 radical (unpaired) electrons. The van der Waals surface area contributed by atoms with Crippen molar-refractivity contribution in [3.63, 3.8) is 0 Å². The molecule has 2 aromatic carbocycles. The van der Waals surface area contributed by atoms with Crippen LogP contribution in [-0.2, 0) is 16.6 Å². The van der Waals surface area contributed by atoms with Crippen molar-refractivity contribution in [2.24, 2.45) is 4.99 Å². The van der Waals surface area contributed by atoms with Crippen LogP contribution in [0.2, 0.25) is 0 Å². The molecule has 24 heavy (non-hydrogen) atoms. The molecule has 0 saturated carbocycles. The first-order valence-corrected chi connectivity index (χ1v) is 9.67. The molecule has 8 heteroatoms. The fourth-order valence-electron chi connectivity index (χ4n) is 1.85. The minimum absolute atomic E-state index is 0.163. The number of hydrogen-bond donors (Lipinski definition) is 2. The first kappa shape index (κ1) is 18.0. The van der Waals surface area contributed by atoms with Crippen LogP contribution >= 0.6 is 11.8 Å². The highest BCUT2D eigenvalue weighted by molar-refractivity contribution is 8.13. The van der Waals surface area contributed by atoms with Crippen LogP contribution in [0.3, 0.4) is 0 Å². The third-order valence-electron chi connectivity index (χ3n) is 3.04. The molecule has 2 rings (SSSR count). The molecule has 0 aromatic heterocycles. The van der Waals surface area contributed by atoms with E-state index in [2.05, 4.69) is 15.0 Å². The van der Waals surface area contributed by atoms with Crippen LogP contribution in [0.15, 0.2) is 64.5 Å². The monoisotopic (exact) mass is 360 g/mol. The van der Waals surface area contributed by atoms with Crippen LogP contribution in [0.1, 0.15) is 5.56 Å². The molecule has 124 valence electrons. The van der Waals surface area contributed by atoms with Crippen LogP contribution in [0.4, 0.5) is 5.69 Å². The van der Waals surface area contributed by atoms with E-state index in [0.717, 1.165) is 5.56 Å². The lowest BCUT2D eigenvalue weighted by molar-refractivity contribution is 0.581. The second-order valence-electron chi connectivity index (χ2n) is 4.66. The maximum absolute atomic E-state index is 12.3. The van der Waals surface area contributed by atoms with Gasteiger partial charge >= 0.3 is 0 Å². The molecule has 0 spiro atoms. The van der Waals surface area contributed by atoms with E-state index in [0.29, 0.717) is 10.9 Å². The molecule has 0 heterocycles. The molecule has 2 N–H and O–H groups in total. The Hall–Kier alpha value is -2.34. The number of nitriles is 1. The van der Waals surface area contributed by atoms with E-state index in [-0.39, 0.29) is 11.4 Å².